The minimum atomic E-state index is -3.43. The monoisotopic (exact) mass is 404 g/mol. The summed E-state index contributed by atoms with van der Waals surface area (Å²) in [5.41, 5.74) is 0.841. The summed E-state index contributed by atoms with van der Waals surface area (Å²) in [6, 6.07) is 7.21. The maximum atomic E-state index is 12.8. The van der Waals surface area contributed by atoms with Crippen LogP contribution in [0.1, 0.15) is 63.9 Å². The normalized spacial score (nSPS) is 22.3. The number of carbonyl (C=O) groups excluding carboxylic acids is 1. The number of hydrogen-bond acceptors (Lipinski definition) is 3. The Kier molecular flexibility index (Phi) is 7.30. The topological polar surface area (TPSA) is 57.7 Å². The molecule has 1 amide bonds. The molecule has 1 atom stereocenters. The zero-order valence-electron chi connectivity index (χ0n) is 16.8. The van der Waals surface area contributed by atoms with Crippen LogP contribution in [0.4, 0.5) is 0 Å². The van der Waals surface area contributed by atoms with Crippen molar-refractivity contribution in [3.63, 3.8) is 0 Å². The molecule has 0 radical (unpaired) electrons. The largest absolute Gasteiger partial charge is 0.336 e. The zero-order chi connectivity index (χ0) is 20.0. The molecule has 0 N–H and O–H groups in total. The Balaban J connectivity index is 1.66. The average Bonchev–Trinajstić information content (AvgIpc) is 3.02. The maximum Gasteiger partial charge on any atom is 0.246 e. The van der Waals surface area contributed by atoms with Crippen LogP contribution in [0.5, 0.6) is 0 Å². The molecule has 0 aliphatic carbocycles. The third-order valence-electron chi connectivity index (χ3n) is 5.88. The highest BCUT2D eigenvalue weighted by Crippen LogP contribution is 2.22. The van der Waals surface area contributed by atoms with E-state index >= 15 is 0 Å². The van der Waals surface area contributed by atoms with E-state index in [1.54, 1.807) is 40.7 Å². The average molecular weight is 405 g/mol. The molecule has 2 aliphatic rings. The molecule has 0 aromatic heterocycles. The first-order chi connectivity index (χ1) is 13.5. The molecule has 2 saturated heterocycles. The van der Waals surface area contributed by atoms with Gasteiger partial charge in [0.25, 0.3) is 0 Å². The lowest BCUT2D eigenvalue weighted by molar-refractivity contribution is -0.129. The van der Waals surface area contributed by atoms with Gasteiger partial charge in [0.15, 0.2) is 0 Å². The van der Waals surface area contributed by atoms with E-state index in [1.165, 1.54) is 6.42 Å². The summed E-state index contributed by atoms with van der Waals surface area (Å²) in [4.78, 5) is 14.8. The minimum Gasteiger partial charge on any atom is -0.336 e. The van der Waals surface area contributed by atoms with Crippen molar-refractivity contribution in [2.75, 3.05) is 19.6 Å². The van der Waals surface area contributed by atoms with Crippen LogP contribution in [-0.4, -0.2) is 49.2 Å². The number of likely N-dealkylation sites (tertiary alicyclic amines) is 1. The molecule has 154 valence electrons. The Morgan fingerprint density at radius 3 is 2.29 bits per heavy atom. The second-order valence-corrected chi connectivity index (χ2v) is 9.75. The van der Waals surface area contributed by atoms with E-state index < -0.39 is 10.0 Å². The van der Waals surface area contributed by atoms with Crippen molar-refractivity contribution in [1.82, 2.24) is 9.21 Å². The fraction of sp³-hybridized carbons (Fsp3) is 0.591. The van der Waals surface area contributed by atoms with E-state index in [2.05, 4.69) is 6.92 Å². The van der Waals surface area contributed by atoms with Crippen LogP contribution in [0.2, 0.25) is 0 Å². The van der Waals surface area contributed by atoms with Crippen LogP contribution >= 0.6 is 0 Å². The van der Waals surface area contributed by atoms with Crippen molar-refractivity contribution in [3.05, 3.63) is 35.9 Å². The molecular formula is C22H32N2O3S. The highest BCUT2D eigenvalue weighted by atomic mass is 32.2. The van der Waals surface area contributed by atoms with Crippen molar-refractivity contribution in [3.8, 4) is 0 Å². The third kappa shape index (κ3) is 5.03. The first-order valence-corrected chi connectivity index (χ1v) is 12.1. The van der Waals surface area contributed by atoms with Crippen LogP contribution in [0, 0.1) is 0 Å². The molecule has 1 aromatic rings. The highest BCUT2D eigenvalue weighted by Gasteiger charge is 2.25. The van der Waals surface area contributed by atoms with Gasteiger partial charge in [-0.15, -0.1) is 0 Å². The molecule has 5 nitrogen and oxygen atoms in total. The Hall–Kier alpha value is -1.66. The predicted molar refractivity (Wildman–Crippen MR) is 112 cm³/mol. The van der Waals surface area contributed by atoms with E-state index in [-0.39, 0.29) is 5.91 Å². The molecule has 2 fully saturated rings. The van der Waals surface area contributed by atoms with Crippen molar-refractivity contribution in [2.45, 2.75) is 69.2 Å². The van der Waals surface area contributed by atoms with Gasteiger partial charge < -0.3 is 4.90 Å². The van der Waals surface area contributed by atoms with Gasteiger partial charge in [0, 0.05) is 31.8 Å². The van der Waals surface area contributed by atoms with Crippen LogP contribution in [0.3, 0.4) is 0 Å². The van der Waals surface area contributed by atoms with E-state index in [9.17, 15) is 13.2 Å². The van der Waals surface area contributed by atoms with Crippen LogP contribution in [-0.2, 0) is 14.8 Å². The number of piperidine rings is 1. The summed E-state index contributed by atoms with van der Waals surface area (Å²) in [6.07, 6.45) is 11.8. The number of amides is 1. The van der Waals surface area contributed by atoms with Gasteiger partial charge in [-0.25, -0.2) is 8.42 Å². The van der Waals surface area contributed by atoms with E-state index in [0.29, 0.717) is 24.0 Å². The van der Waals surface area contributed by atoms with Crippen LogP contribution in [0.15, 0.2) is 35.2 Å². The minimum absolute atomic E-state index is 0.0489. The summed E-state index contributed by atoms with van der Waals surface area (Å²) >= 11 is 0. The number of sulfonamides is 1. The maximum absolute atomic E-state index is 12.8. The van der Waals surface area contributed by atoms with Gasteiger partial charge in [-0.3, -0.25) is 4.79 Å². The first-order valence-electron chi connectivity index (χ1n) is 10.6. The van der Waals surface area contributed by atoms with E-state index in [0.717, 1.165) is 57.1 Å². The van der Waals surface area contributed by atoms with E-state index in [4.69, 9.17) is 0 Å². The Labute approximate surface area is 169 Å². The lowest BCUT2D eigenvalue weighted by Crippen LogP contribution is -2.42. The van der Waals surface area contributed by atoms with Gasteiger partial charge in [0.2, 0.25) is 15.9 Å². The van der Waals surface area contributed by atoms with E-state index in [1.807, 2.05) is 4.90 Å². The molecule has 0 saturated carbocycles. The molecule has 1 unspecified atom stereocenters. The Morgan fingerprint density at radius 1 is 1.00 bits per heavy atom. The molecule has 28 heavy (non-hydrogen) atoms. The lowest BCUT2D eigenvalue weighted by atomic mass is 10.00. The standard InChI is InChI=1S/C22H32N2O3S/c1-2-20-9-5-8-18-24(20)22(25)15-12-19-10-13-21(14-11-19)28(26,27)23-16-6-3-4-7-17-23/h10-15,20H,2-9,16-18H2,1H3/b15-12+. The fourth-order valence-electron chi connectivity index (χ4n) is 4.16. The van der Waals surface area contributed by atoms with Gasteiger partial charge in [-0.05, 0) is 62.3 Å². The number of carbonyl (C=O) groups is 1. The van der Waals surface area contributed by atoms with Crippen molar-refractivity contribution >= 4 is 22.0 Å². The van der Waals surface area contributed by atoms with Gasteiger partial charge in [0.05, 0.1) is 4.90 Å². The molecular weight excluding hydrogens is 372 g/mol. The summed E-state index contributed by atoms with van der Waals surface area (Å²) in [5, 5.41) is 0. The Morgan fingerprint density at radius 2 is 1.64 bits per heavy atom. The highest BCUT2D eigenvalue weighted by molar-refractivity contribution is 7.89. The van der Waals surface area contributed by atoms with Crippen molar-refractivity contribution in [2.24, 2.45) is 0 Å². The predicted octanol–water partition coefficient (Wildman–Crippen LogP) is 4.06. The molecule has 3 rings (SSSR count). The number of benzene rings is 1. The molecule has 2 heterocycles. The van der Waals surface area contributed by atoms with Gasteiger partial charge in [-0.1, -0.05) is 31.9 Å². The van der Waals surface area contributed by atoms with Crippen molar-refractivity contribution in [1.29, 1.82) is 0 Å². The lowest BCUT2D eigenvalue weighted by Gasteiger charge is -2.34. The SMILES string of the molecule is CCC1CCCCN1C(=O)/C=C/c1ccc(S(=O)(=O)N2CCCCCC2)cc1. The zero-order valence-corrected chi connectivity index (χ0v) is 17.7. The number of nitrogens with zero attached hydrogens (tertiary/aromatic N) is 2. The molecule has 0 bridgehead atoms. The van der Waals surface area contributed by atoms with Crippen LogP contribution in [0.25, 0.3) is 6.08 Å². The Bertz CT molecular complexity index is 779. The van der Waals surface area contributed by atoms with Crippen LogP contribution < -0.4 is 0 Å². The molecule has 2 aliphatic heterocycles. The third-order valence-corrected chi connectivity index (χ3v) is 7.80. The van der Waals surface area contributed by atoms with Gasteiger partial charge >= 0.3 is 0 Å². The molecule has 1 aromatic carbocycles. The van der Waals surface area contributed by atoms with Crippen molar-refractivity contribution < 1.29 is 13.2 Å². The number of rotatable bonds is 5. The quantitative estimate of drug-likeness (QED) is 0.696. The smallest absolute Gasteiger partial charge is 0.246 e. The fourth-order valence-corrected chi connectivity index (χ4v) is 5.68. The summed E-state index contributed by atoms with van der Waals surface area (Å²) in [6.45, 7) is 4.16. The van der Waals surface area contributed by atoms with Gasteiger partial charge in [0.1, 0.15) is 0 Å². The number of hydrogen-bond donors (Lipinski definition) is 0. The second-order valence-electron chi connectivity index (χ2n) is 7.81. The summed E-state index contributed by atoms with van der Waals surface area (Å²) < 4.78 is 27.3. The first kappa shape index (κ1) is 21.1. The molecule has 0 spiro atoms. The summed E-state index contributed by atoms with van der Waals surface area (Å²) in [5.74, 6) is 0.0489. The van der Waals surface area contributed by atoms with Gasteiger partial charge in [-0.2, -0.15) is 4.31 Å². The molecule has 6 heteroatoms. The second kappa shape index (κ2) is 9.70. The summed E-state index contributed by atoms with van der Waals surface area (Å²) in [7, 11) is -3.43.